The van der Waals surface area contributed by atoms with Crippen molar-refractivity contribution >= 4 is 0 Å². The number of aromatic amines is 1. The van der Waals surface area contributed by atoms with E-state index in [0.29, 0.717) is 31.3 Å². The number of benzene rings is 1. The lowest BCUT2D eigenvalue weighted by atomic mass is 10.1. The maximum absolute atomic E-state index is 12.1. The van der Waals surface area contributed by atoms with Gasteiger partial charge in [0.25, 0.3) is 5.56 Å². The molecule has 1 aromatic carbocycles. The van der Waals surface area contributed by atoms with E-state index in [2.05, 4.69) is 14.9 Å². The largest absolute Gasteiger partial charge is 0.504 e. The third-order valence-electron chi connectivity index (χ3n) is 4.04. The summed E-state index contributed by atoms with van der Waals surface area (Å²) in [5.41, 5.74) is 2.34. The van der Waals surface area contributed by atoms with Crippen LogP contribution < -0.4 is 10.3 Å². The van der Waals surface area contributed by atoms with E-state index in [-0.39, 0.29) is 11.3 Å². The van der Waals surface area contributed by atoms with Crippen molar-refractivity contribution in [1.29, 1.82) is 0 Å². The summed E-state index contributed by atoms with van der Waals surface area (Å²) < 4.78 is 5.42. The Balaban J connectivity index is 1.80. The minimum absolute atomic E-state index is 0.0653. The molecule has 0 saturated carbocycles. The molecule has 1 aliphatic rings. The highest BCUT2D eigenvalue weighted by Crippen LogP contribution is 2.31. The zero-order chi connectivity index (χ0) is 16.4. The molecule has 0 aliphatic carbocycles. The lowest BCUT2D eigenvalue weighted by molar-refractivity contribution is 0.236. The molecular weight excluding hydrogens is 294 g/mol. The Labute approximate surface area is 134 Å². The first-order valence-electron chi connectivity index (χ1n) is 7.83. The molecule has 0 bridgehead atoms. The fourth-order valence-electron chi connectivity index (χ4n) is 2.95. The van der Waals surface area contributed by atoms with Gasteiger partial charge in [-0.15, -0.1) is 0 Å². The number of fused-ring (bicyclic) bond motifs is 1. The second kappa shape index (κ2) is 6.42. The summed E-state index contributed by atoms with van der Waals surface area (Å²) in [7, 11) is 0. The lowest BCUT2D eigenvalue weighted by Gasteiger charge is -2.28. The fraction of sp³-hybridized carbons (Fsp3) is 0.412. The monoisotopic (exact) mass is 315 g/mol. The zero-order valence-corrected chi connectivity index (χ0v) is 13.4. The Morgan fingerprint density at radius 1 is 1.43 bits per heavy atom. The number of ether oxygens (including phenoxy) is 1. The van der Waals surface area contributed by atoms with Crippen LogP contribution in [0.2, 0.25) is 0 Å². The molecule has 6 nitrogen and oxygen atoms in total. The Morgan fingerprint density at radius 2 is 2.26 bits per heavy atom. The van der Waals surface area contributed by atoms with Crippen LogP contribution in [-0.2, 0) is 19.5 Å². The van der Waals surface area contributed by atoms with Crippen LogP contribution in [-0.4, -0.2) is 33.1 Å². The van der Waals surface area contributed by atoms with Crippen molar-refractivity contribution in [3.63, 3.8) is 0 Å². The molecule has 122 valence electrons. The molecule has 6 heteroatoms. The highest BCUT2D eigenvalue weighted by Gasteiger charge is 2.22. The van der Waals surface area contributed by atoms with E-state index in [0.717, 1.165) is 29.8 Å². The van der Waals surface area contributed by atoms with Gasteiger partial charge in [-0.2, -0.15) is 0 Å². The van der Waals surface area contributed by atoms with Gasteiger partial charge >= 0.3 is 0 Å². The lowest BCUT2D eigenvalue weighted by Crippen LogP contribution is -2.35. The molecule has 23 heavy (non-hydrogen) atoms. The van der Waals surface area contributed by atoms with Crippen LogP contribution >= 0.6 is 0 Å². The number of rotatable bonds is 4. The van der Waals surface area contributed by atoms with Crippen LogP contribution in [0.15, 0.2) is 23.0 Å². The number of hydrogen-bond donors (Lipinski definition) is 2. The molecule has 0 atom stereocenters. The van der Waals surface area contributed by atoms with Gasteiger partial charge in [-0.1, -0.05) is 12.1 Å². The van der Waals surface area contributed by atoms with Crippen molar-refractivity contribution in [2.24, 2.45) is 0 Å². The highest BCUT2D eigenvalue weighted by atomic mass is 16.5. The molecule has 0 spiro atoms. The summed E-state index contributed by atoms with van der Waals surface area (Å²) in [6, 6.07) is 5.51. The van der Waals surface area contributed by atoms with E-state index in [9.17, 15) is 9.90 Å². The summed E-state index contributed by atoms with van der Waals surface area (Å²) >= 11 is 0. The smallest absolute Gasteiger partial charge is 0.255 e. The van der Waals surface area contributed by atoms with Crippen LogP contribution in [0.5, 0.6) is 11.5 Å². The van der Waals surface area contributed by atoms with Gasteiger partial charge in [-0.25, -0.2) is 4.98 Å². The van der Waals surface area contributed by atoms with E-state index in [4.69, 9.17) is 4.74 Å². The van der Waals surface area contributed by atoms with Gasteiger partial charge in [0.05, 0.1) is 17.9 Å². The van der Waals surface area contributed by atoms with Gasteiger partial charge in [0.2, 0.25) is 0 Å². The van der Waals surface area contributed by atoms with E-state index in [1.165, 1.54) is 0 Å². The van der Waals surface area contributed by atoms with Gasteiger partial charge in [0, 0.05) is 31.6 Å². The van der Waals surface area contributed by atoms with Gasteiger partial charge in [0.15, 0.2) is 11.5 Å². The van der Waals surface area contributed by atoms with Crippen molar-refractivity contribution in [2.45, 2.75) is 33.4 Å². The number of H-pyrrole nitrogens is 1. The predicted octanol–water partition coefficient (Wildman–Crippen LogP) is 1.74. The number of hydrogen-bond acceptors (Lipinski definition) is 5. The second-order valence-corrected chi connectivity index (χ2v) is 5.73. The summed E-state index contributed by atoms with van der Waals surface area (Å²) in [5.74, 6) is 1.33. The third kappa shape index (κ3) is 3.22. The minimum Gasteiger partial charge on any atom is -0.504 e. The number of aromatic hydroxyl groups is 1. The zero-order valence-electron chi connectivity index (χ0n) is 13.4. The molecule has 3 rings (SSSR count). The Hall–Kier alpha value is -2.34. The number of phenolic OH excluding ortho intramolecular Hbond substituents is 1. The molecule has 0 unspecified atom stereocenters. The molecule has 0 saturated heterocycles. The number of aryl methyl sites for hydroxylation is 1. The second-order valence-electron chi connectivity index (χ2n) is 5.73. The van der Waals surface area contributed by atoms with Gasteiger partial charge < -0.3 is 14.8 Å². The standard InChI is InChI=1S/C17H21N3O3/c1-3-23-15-6-4-5-12(16(15)21)9-20-8-7-14-13(10-20)17(22)19-11(2)18-14/h4-6,21H,3,7-10H2,1-2H3,(H,18,19,22). The Morgan fingerprint density at radius 3 is 3.04 bits per heavy atom. The highest BCUT2D eigenvalue weighted by molar-refractivity contribution is 5.45. The first-order valence-corrected chi connectivity index (χ1v) is 7.83. The van der Waals surface area contributed by atoms with Crippen LogP contribution in [0.25, 0.3) is 0 Å². The van der Waals surface area contributed by atoms with E-state index < -0.39 is 0 Å². The first-order chi connectivity index (χ1) is 11.1. The number of aromatic nitrogens is 2. The first kappa shape index (κ1) is 15.6. The molecular formula is C17H21N3O3. The Bertz CT molecular complexity index is 770. The third-order valence-corrected chi connectivity index (χ3v) is 4.04. The summed E-state index contributed by atoms with van der Waals surface area (Å²) in [5, 5.41) is 10.3. The summed E-state index contributed by atoms with van der Waals surface area (Å²) in [4.78, 5) is 21.4. The molecule has 0 fully saturated rings. The predicted molar refractivity (Wildman–Crippen MR) is 86.7 cm³/mol. The van der Waals surface area contributed by atoms with Crippen LogP contribution in [0, 0.1) is 6.92 Å². The van der Waals surface area contributed by atoms with Crippen molar-refractivity contribution in [3.8, 4) is 11.5 Å². The normalized spacial score (nSPS) is 14.5. The van der Waals surface area contributed by atoms with E-state index >= 15 is 0 Å². The fourth-order valence-corrected chi connectivity index (χ4v) is 2.95. The minimum atomic E-state index is -0.0653. The van der Waals surface area contributed by atoms with Gasteiger partial charge in [-0.3, -0.25) is 9.69 Å². The molecule has 1 aromatic heterocycles. The van der Waals surface area contributed by atoms with Crippen LogP contribution in [0.3, 0.4) is 0 Å². The van der Waals surface area contributed by atoms with Gasteiger partial charge in [-0.05, 0) is 19.9 Å². The van der Waals surface area contributed by atoms with Crippen LogP contribution in [0.4, 0.5) is 0 Å². The maximum atomic E-state index is 12.1. The average molecular weight is 315 g/mol. The molecule has 0 amide bonds. The molecule has 0 radical (unpaired) electrons. The van der Waals surface area contributed by atoms with Crippen molar-refractivity contribution in [3.05, 3.63) is 51.2 Å². The number of nitrogens with one attached hydrogen (secondary N) is 1. The van der Waals surface area contributed by atoms with E-state index in [1.807, 2.05) is 19.1 Å². The summed E-state index contributed by atoms with van der Waals surface area (Å²) in [6.45, 7) is 6.10. The number of nitrogens with zero attached hydrogens (tertiary/aromatic N) is 2. The van der Waals surface area contributed by atoms with Crippen molar-refractivity contribution in [2.75, 3.05) is 13.2 Å². The molecule has 2 aromatic rings. The quantitative estimate of drug-likeness (QED) is 0.898. The maximum Gasteiger partial charge on any atom is 0.255 e. The summed E-state index contributed by atoms with van der Waals surface area (Å²) in [6.07, 6.45) is 0.742. The van der Waals surface area contributed by atoms with Gasteiger partial charge in [0.1, 0.15) is 5.82 Å². The molecule has 2 heterocycles. The molecule has 2 N–H and O–H groups in total. The average Bonchev–Trinajstić information content (AvgIpc) is 2.52. The van der Waals surface area contributed by atoms with Crippen molar-refractivity contribution in [1.82, 2.24) is 14.9 Å². The SMILES string of the molecule is CCOc1cccc(CN2CCc3nc(C)[nH]c(=O)c3C2)c1O. The Kier molecular flexibility index (Phi) is 4.34. The number of phenols is 1. The number of para-hydroxylation sites is 1. The van der Waals surface area contributed by atoms with E-state index in [1.54, 1.807) is 13.0 Å². The van der Waals surface area contributed by atoms with Crippen LogP contribution in [0.1, 0.15) is 29.6 Å². The molecule has 1 aliphatic heterocycles. The van der Waals surface area contributed by atoms with Crippen molar-refractivity contribution < 1.29 is 9.84 Å². The topological polar surface area (TPSA) is 78.5 Å².